The Morgan fingerprint density at radius 3 is 1.88 bits per heavy atom. The lowest BCUT2D eigenvalue weighted by atomic mass is 9.75. The van der Waals surface area contributed by atoms with Crippen LogP contribution < -0.4 is 0 Å². The molecule has 2 fully saturated rings. The molecule has 2 saturated carbocycles. The zero-order valence-electron chi connectivity index (χ0n) is 15.6. The highest BCUT2D eigenvalue weighted by molar-refractivity contribution is 5.13. The van der Waals surface area contributed by atoms with Crippen LogP contribution in [-0.2, 0) is 0 Å². The normalized spacial score (nSPS) is 31.6. The van der Waals surface area contributed by atoms with Crippen molar-refractivity contribution < 1.29 is 4.39 Å². The quantitative estimate of drug-likeness (QED) is 0.337. The number of hydrogen-bond acceptors (Lipinski definition) is 1. The molecule has 0 aromatic carbocycles. The number of rotatable bonds is 8. The van der Waals surface area contributed by atoms with Gasteiger partial charge in [-0.05, 0) is 55.4 Å². The molecule has 0 aliphatic heterocycles. The average molecular weight is 334 g/mol. The fraction of sp³-hybridized carbons (Fsp3) is 0.864. The van der Waals surface area contributed by atoms with Crippen LogP contribution in [0.3, 0.4) is 0 Å². The molecule has 1 nitrogen and oxygen atoms in total. The summed E-state index contributed by atoms with van der Waals surface area (Å²) in [7, 11) is 0. The van der Waals surface area contributed by atoms with Crippen LogP contribution >= 0.6 is 0 Å². The monoisotopic (exact) mass is 333 g/mol. The van der Waals surface area contributed by atoms with E-state index >= 15 is 0 Å². The third kappa shape index (κ3) is 6.96. The Morgan fingerprint density at radius 1 is 0.875 bits per heavy atom. The van der Waals surface area contributed by atoms with Gasteiger partial charge in [-0.15, -0.1) is 0 Å². The van der Waals surface area contributed by atoms with E-state index in [1.807, 2.05) is 0 Å². The van der Waals surface area contributed by atoms with Crippen molar-refractivity contribution in [3.63, 3.8) is 0 Å². The maximum Gasteiger partial charge on any atom is 0.196 e. The maximum atomic E-state index is 13.0. The van der Waals surface area contributed by atoms with Crippen molar-refractivity contribution in [2.45, 2.75) is 96.8 Å². The highest BCUT2D eigenvalue weighted by Gasteiger charge is 2.24. The van der Waals surface area contributed by atoms with Gasteiger partial charge in [-0.25, -0.2) is 0 Å². The largest absolute Gasteiger partial charge is 0.196 e. The van der Waals surface area contributed by atoms with E-state index in [0.717, 1.165) is 30.6 Å². The maximum absolute atomic E-state index is 13.0. The van der Waals surface area contributed by atoms with E-state index in [1.54, 1.807) is 12.1 Å². The van der Waals surface area contributed by atoms with Crippen molar-refractivity contribution in [3.05, 3.63) is 11.9 Å². The van der Waals surface area contributed by atoms with Crippen molar-refractivity contribution in [1.29, 1.82) is 5.26 Å². The third-order valence-electron chi connectivity index (χ3n) is 6.55. The number of unbranched alkanes of at least 4 members (excludes halogenated alkanes) is 2. The first-order chi connectivity index (χ1) is 11.7. The molecule has 0 heterocycles. The Bertz CT molecular complexity index is 406. The predicted octanol–water partition coefficient (Wildman–Crippen LogP) is 7.34. The first-order valence-corrected chi connectivity index (χ1v) is 10.5. The number of nitrogens with zero attached hydrogens (tertiary/aromatic N) is 1. The molecule has 0 amide bonds. The minimum atomic E-state index is -0.589. The highest BCUT2D eigenvalue weighted by atomic mass is 19.1. The summed E-state index contributed by atoms with van der Waals surface area (Å²) >= 11 is 0. The average Bonchev–Trinajstić information content (AvgIpc) is 2.62. The molecule has 0 bridgehead atoms. The summed E-state index contributed by atoms with van der Waals surface area (Å²) in [6, 6.07) is 1.61. The molecule has 0 saturated heterocycles. The molecule has 0 atom stereocenters. The van der Waals surface area contributed by atoms with Crippen LogP contribution in [-0.4, -0.2) is 0 Å². The molecular weight excluding hydrogens is 297 g/mol. The van der Waals surface area contributed by atoms with Crippen LogP contribution in [0.4, 0.5) is 4.39 Å². The van der Waals surface area contributed by atoms with Crippen LogP contribution in [0.15, 0.2) is 11.9 Å². The van der Waals surface area contributed by atoms with Crippen LogP contribution in [0, 0.1) is 35.0 Å². The summed E-state index contributed by atoms with van der Waals surface area (Å²) < 4.78 is 13.0. The number of nitriles is 1. The number of hydrogen-bond donors (Lipinski definition) is 0. The Labute approximate surface area is 148 Å². The lowest BCUT2D eigenvalue weighted by molar-refractivity contribution is 0.219. The second-order valence-electron chi connectivity index (χ2n) is 8.37. The third-order valence-corrected chi connectivity index (χ3v) is 6.55. The minimum absolute atomic E-state index is 0.305. The van der Waals surface area contributed by atoms with Crippen LogP contribution in [0.5, 0.6) is 0 Å². The van der Waals surface area contributed by atoms with Gasteiger partial charge in [-0.2, -0.15) is 9.65 Å². The summed E-state index contributed by atoms with van der Waals surface area (Å²) in [6.07, 6.45) is 20.5. The summed E-state index contributed by atoms with van der Waals surface area (Å²) in [5.74, 6) is 2.56. The molecular formula is C22H36FN. The second-order valence-corrected chi connectivity index (χ2v) is 8.37. The van der Waals surface area contributed by atoms with E-state index in [-0.39, 0.29) is 0 Å². The molecule has 0 aromatic rings. The van der Waals surface area contributed by atoms with Crippen LogP contribution in [0.2, 0.25) is 0 Å². The SMILES string of the molecule is CCCCCC1CCC(CCC2CCC(C=C(F)C#N)CC2)CC1. The smallest absolute Gasteiger partial charge is 0.195 e. The molecule has 0 radical (unpaired) electrons. The molecule has 2 rings (SSSR count). The molecule has 0 aromatic heterocycles. The van der Waals surface area contributed by atoms with Crippen molar-refractivity contribution >= 4 is 0 Å². The van der Waals surface area contributed by atoms with E-state index in [9.17, 15) is 4.39 Å². The van der Waals surface area contributed by atoms with E-state index in [1.165, 1.54) is 77.0 Å². The van der Waals surface area contributed by atoms with E-state index < -0.39 is 5.83 Å². The molecule has 2 aliphatic rings. The summed E-state index contributed by atoms with van der Waals surface area (Å²) in [5.41, 5.74) is 0. The van der Waals surface area contributed by atoms with E-state index in [2.05, 4.69) is 6.92 Å². The van der Waals surface area contributed by atoms with Gasteiger partial charge < -0.3 is 0 Å². The van der Waals surface area contributed by atoms with Gasteiger partial charge in [0.15, 0.2) is 5.83 Å². The molecule has 2 aliphatic carbocycles. The Morgan fingerprint density at radius 2 is 1.38 bits per heavy atom. The van der Waals surface area contributed by atoms with Gasteiger partial charge in [0.1, 0.15) is 6.07 Å². The summed E-state index contributed by atoms with van der Waals surface area (Å²) in [5, 5.41) is 8.53. The van der Waals surface area contributed by atoms with E-state index in [4.69, 9.17) is 5.26 Å². The first-order valence-electron chi connectivity index (χ1n) is 10.5. The van der Waals surface area contributed by atoms with Gasteiger partial charge in [0.25, 0.3) is 0 Å². The van der Waals surface area contributed by atoms with Gasteiger partial charge in [-0.1, -0.05) is 71.1 Å². The van der Waals surface area contributed by atoms with Crippen LogP contribution in [0.1, 0.15) is 96.8 Å². The minimum Gasteiger partial charge on any atom is -0.195 e. The Balaban J connectivity index is 1.56. The van der Waals surface area contributed by atoms with Crippen LogP contribution in [0.25, 0.3) is 0 Å². The number of allylic oxidation sites excluding steroid dienone is 2. The molecule has 0 N–H and O–H groups in total. The van der Waals surface area contributed by atoms with Gasteiger partial charge in [0, 0.05) is 0 Å². The first kappa shape index (κ1) is 19.5. The van der Waals surface area contributed by atoms with Gasteiger partial charge in [0.05, 0.1) is 0 Å². The molecule has 2 heteroatoms. The fourth-order valence-corrected chi connectivity index (χ4v) is 4.85. The molecule has 0 unspecified atom stereocenters. The standard InChI is InChI=1S/C22H36FN/c1-2-3-4-5-18-6-8-19(9-7-18)10-11-20-12-14-21(15-13-20)16-22(23)17-24/h16,18-21H,2-15H2,1H3. The lowest BCUT2D eigenvalue weighted by Gasteiger charge is -2.31. The Hall–Kier alpha value is -0.840. The van der Waals surface area contributed by atoms with Crippen molar-refractivity contribution in [2.24, 2.45) is 23.7 Å². The van der Waals surface area contributed by atoms with Gasteiger partial charge in [0.2, 0.25) is 0 Å². The molecule has 0 spiro atoms. The van der Waals surface area contributed by atoms with E-state index in [0.29, 0.717) is 5.92 Å². The van der Waals surface area contributed by atoms with Crippen molar-refractivity contribution in [1.82, 2.24) is 0 Å². The van der Waals surface area contributed by atoms with Crippen molar-refractivity contribution in [3.8, 4) is 6.07 Å². The lowest BCUT2D eigenvalue weighted by Crippen LogP contribution is -2.18. The fourth-order valence-electron chi connectivity index (χ4n) is 4.85. The zero-order valence-corrected chi connectivity index (χ0v) is 15.6. The van der Waals surface area contributed by atoms with Gasteiger partial charge >= 0.3 is 0 Å². The zero-order chi connectivity index (χ0) is 17.2. The van der Waals surface area contributed by atoms with Crippen molar-refractivity contribution in [2.75, 3.05) is 0 Å². The van der Waals surface area contributed by atoms with Gasteiger partial charge in [-0.3, -0.25) is 0 Å². The highest BCUT2D eigenvalue weighted by Crippen LogP contribution is 2.38. The topological polar surface area (TPSA) is 23.8 Å². The molecule has 136 valence electrons. The summed E-state index contributed by atoms with van der Waals surface area (Å²) in [6.45, 7) is 2.29. The Kier molecular flexibility index (Phi) is 8.86. The molecule has 24 heavy (non-hydrogen) atoms. The number of halogens is 1. The predicted molar refractivity (Wildman–Crippen MR) is 99.1 cm³/mol. The second kappa shape index (κ2) is 10.9. The summed E-state index contributed by atoms with van der Waals surface area (Å²) in [4.78, 5) is 0.